The van der Waals surface area contributed by atoms with Gasteiger partial charge in [0.25, 0.3) is 0 Å². The summed E-state index contributed by atoms with van der Waals surface area (Å²) in [6, 6.07) is 5.42. The van der Waals surface area contributed by atoms with E-state index < -0.39 is 0 Å². The van der Waals surface area contributed by atoms with Gasteiger partial charge in [0.1, 0.15) is 18.0 Å². The van der Waals surface area contributed by atoms with Crippen molar-refractivity contribution >= 4 is 5.97 Å². The molecule has 0 aromatic heterocycles. The zero-order valence-electron chi connectivity index (χ0n) is 9.16. The molecule has 0 N–H and O–H groups in total. The maximum atomic E-state index is 11.2. The Hall–Kier alpha value is -1.51. The summed E-state index contributed by atoms with van der Waals surface area (Å²) in [4.78, 5) is 11.2. The van der Waals surface area contributed by atoms with Crippen molar-refractivity contribution in [2.45, 2.75) is 33.0 Å². The highest BCUT2D eigenvalue weighted by Gasteiger charge is 2.22. The van der Waals surface area contributed by atoms with Crippen LogP contribution in [-0.2, 0) is 11.3 Å². The molecule has 1 aromatic carbocycles. The van der Waals surface area contributed by atoms with Crippen molar-refractivity contribution in [3.63, 3.8) is 0 Å². The SMILES string of the molecule is CC(C)(C)Oc1ccc2c(c1)COC2=O. The summed E-state index contributed by atoms with van der Waals surface area (Å²) >= 11 is 0. The largest absolute Gasteiger partial charge is 0.488 e. The van der Waals surface area contributed by atoms with Gasteiger partial charge in [-0.3, -0.25) is 0 Å². The van der Waals surface area contributed by atoms with Crippen LogP contribution in [0, 0.1) is 0 Å². The lowest BCUT2D eigenvalue weighted by molar-refractivity contribution is 0.0535. The first-order valence-corrected chi connectivity index (χ1v) is 4.95. The van der Waals surface area contributed by atoms with E-state index in [1.165, 1.54) is 0 Å². The molecule has 0 atom stereocenters. The Morgan fingerprint density at radius 1 is 1.33 bits per heavy atom. The Balaban J connectivity index is 2.27. The van der Waals surface area contributed by atoms with Crippen molar-refractivity contribution in [3.8, 4) is 5.75 Å². The summed E-state index contributed by atoms with van der Waals surface area (Å²) in [5.74, 6) is 0.534. The van der Waals surface area contributed by atoms with Crippen molar-refractivity contribution in [2.75, 3.05) is 0 Å². The maximum Gasteiger partial charge on any atom is 0.338 e. The molecule has 0 bridgehead atoms. The lowest BCUT2D eigenvalue weighted by atomic mass is 10.1. The van der Waals surface area contributed by atoms with Gasteiger partial charge < -0.3 is 9.47 Å². The second kappa shape index (κ2) is 3.26. The lowest BCUT2D eigenvalue weighted by Gasteiger charge is -2.21. The van der Waals surface area contributed by atoms with E-state index in [-0.39, 0.29) is 11.6 Å². The molecule has 0 spiro atoms. The third-order valence-corrected chi connectivity index (χ3v) is 2.08. The summed E-state index contributed by atoms with van der Waals surface area (Å²) in [6.07, 6.45) is 0. The first kappa shape index (κ1) is 10.0. The predicted molar refractivity (Wildman–Crippen MR) is 55.9 cm³/mol. The standard InChI is InChI=1S/C12H14O3/c1-12(2,3)15-9-4-5-10-8(6-9)7-14-11(10)13/h4-6H,7H2,1-3H3. The van der Waals surface area contributed by atoms with Crippen LogP contribution in [-0.4, -0.2) is 11.6 Å². The van der Waals surface area contributed by atoms with Crippen molar-refractivity contribution in [3.05, 3.63) is 29.3 Å². The van der Waals surface area contributed by atoms with Crippen LogP contribution < -0.4 is 4.74 Å². The second-order valence-electron chi connectivity index (χ2n) is 4.61. The Morgan fingerprint density at radius 2 is 2.07 bits per heavy atom. The molecule has 0 saturated heterocycles. The molecule has 1 aliphatic heterocycles. The lowest BCUT2D eigenvalue weighted by Crippen LogP contribution is -2.22. The fraction of sp³-hybridized carbons (Fsp3) is 0.417. The number of esters is 1. The minimum atomic E-state index is -0.243. The molecule has 15 heavy (non-hydrogen) atoms. The van der Waals surface area contributed by atoms with Crippen LogP contribution in [0.2, 0.25) is 0 Å². The summed E-state index contributed by atoms with van der Waals surface area (Å²) in [6.45, 7) is 6.32. The Bertz CT molecular complexity index is 402. The molecule has 2 rings (SSSR count). The van der Waals surface area contributed by atoms with Crippen molar-refractivity contribution in [1.82, 2.24) is 0 Å². The highest BCUT2D eigenvalue weighted by Crippen LogP contribution is 2.26. The van der Waals surface area contributed by atoms with Crippen molar-refractivity contribution in [1.29, 1.82) is 0 Å². The fourth-order valence-electron chi connectivity index (χ4n) is 1.53. The normalized spacial score (nSPS) is 14.7. The first-order chi connectivity index (χ1) is 6.96. The van der Waals surface area contributed by atoms with Gasteiger partial charge in [0, 0.05) is 5.56 Å². The molecule has 1 aromatic rings. The van der Waals surface area contributed by atoms with Crippen LogP contribution in [0.25, 0.3) is 0 Å². The van der Waals surface area contributed by atoms with Crippen LogP contribution in [0.1, 0.15) is 36.7 Å². The molecule has 0 unspecified atom stereocenters. The highest BCUT2D eigenvalue weighted by molar-refractivity contribution is 5.93. The third kappa shape index (κ3) is 2.12. The van der Waals surface area contributed by atoms with Crippen molar-refractivity contribution < 1.29 is 14.3 Å². The molecule has 80 valence electrons. The maximum absolute atomic E-state index is 11.2. The van der Waals surface area contributed by atoms with Gasteiger partial charge in [-0.05, 0) is 39.0 Å². The van der Waals surface area contributed by atoms with Gasteiger partial charge in [-0.25, -0.2) is 4.79 Å². The van der Waals surface area contributed by atoms with Crippen LogP contribution in [0.4, 0.5) is 0 Å². The molecule has 3 heteroatoms. The summed E-state index contributed by atoms with van der Waals surface area (Å²) in [5.41, 5.74) is 1.33. The molecule has 1 aliphatic rings. The van der Waals surface area contributed by atoms with E-state index in [4.69, 9.17) is 9.47 Å². The number of fused-ring (bicyclic) bond motifs is 1. The Labute approximate surface area is 89.0 Å². The third-order valence-electron chi connectivity index (χ3n) is 2.08. The van der Waals surface area contributed by atoms with E-state index in [0.29, 0.717) is 12.2 Å². The zero-order valence-corrected chi connectivity index (χ0v) is 9.16. The Kier molecular flexibility index (Phi) is 2.18. The smallest absolute Gasteiger partial charge is 0.338 e. The molecule has 1 heterocycles. The van der Waals surface area contributed by atoms with Gasteiger partial charge in [0.2, 0.25) is 0 Å². The molecular formula is C12H14O3. The number of cyclic esters (lactones) is 1. The van der Waals surface area contributed by atoms with Gasteiger partial charge in [0.15, 0.2) is 0 Å². The number of carbonyl (C=O) groups excluding carboxylic acids is 1. The fourth-order valence-corrected chi connectivity index (χ4v) is 1.53. The summed E-state index contributed by atoms with van der Waals surface area (Å²) in [5, 5.41) is 0. The number of ether oxygens (including phenoxy) is 2. The summed E-state index contributed by atoms with van der Waals surface area (Å²) < 4.78 is 10.6. The minimum Gasteiger partial charge on any atom is -0.488 e. The van der Waals surface area contributed by atoms with Gasteiger partial charge in [-0.15, -0.1) is 0 Å². The number of hydrogen-bond acceptors (Lipinski definition) is 3. The van der Waals surface area contributed by atoms with E-state index in [0.717, 1.165) is 11.3 Å². The number of benzene rings is 1. The van der Waals surface area contributed by atoms with E-state index in [1.54, 1.807) is 12.1 Å². The average Bonchev–Trinajstić information content (AvgIpc) is 2.45. The predicted octanol–water partition coefficient (Wildman–Crippen LogP) is 2.53. The van der Waals surface area contributed by atoms with E-state index in [2.05, 4.69) is 0 Å². The van der Waals surface area contributed by atoms with Gasteiger partial charge >= 0.3 is 5.97 Å². The van der Waals surface area contributed by atoms with Crippen LogP contribution in [0.5, 0.6) is 5.75 Å². The monoisotopic (exact) mass is 206 g/mol. The van der Waals surface area contributed by atoms with Crippen LogP contribution in [0.3, 0.4) is 0 Å². The second-order valence-corrected chi connectivity index (χ2v) is 4.61. The van der Waals surface area contributed by atoms with Crippen molar-refractivity contribution in [2.24, 2.45) is 0 Å². The highest BCUT2D eigenvalue weighted by atomic mass is 16.5. The van der Waals surface area contributed by atoms with E-state index >= 15 is 0 Å². The van der Waals surface area contributed by atoms with Gasteiger partial charge in [-0.2, -0.15) is 0 Å². The van der Waals surface area contributed by atoms with Gasteiger partial charge in [-0.1, -0.05) is 0 Å². The quantitative estimate of drug-likeness (QED) is 0.662. The molecule has 3 nitrogen and oxygen atoms in total. The van der Waals surface area contributed by atoms with E-state index in [9.17, 15) is 4.79 Å². The molecule has 0 fully saturated rings. The van der Waals surface area contributed by atoms with Crippen LogP contribution in [0.15, 0.2) is 18.2 Å². The van der Waals surface area contributed by atoms with E-state index in [1.807, 2.05) is 26.8 Å². The molecular weight excluding hydrogens is 192 g/mol. The number of hydrogen-bond donors (Lipinski definition) is 0. The number of carbonyl (C=O) groups is 1. The molecule has 0 radical (unpaired) electrons. The molecule has 0 saturated carbocycles. The van der Waals surface area contributed by atoms with Gasteiger partial charge in [0.05, 0.1) is 5.56 Å². The number of rotatable bonds is 1. The Morgan fingerprint density at radius 3 is 2.73 bits per heavy atom. The summed E-state index contributed by atoms with van der Waals surface area (Å²) in [7, 11) is 0. The molecule has 0 amide bonds. The first-order valence-electron chi connectivity index (χ1n) is 4.95. The average molecular weight is 206 g/mol. The molecule has 0 aliphatic carbocycles. The minimum absolute atomic E-state index is 0.224. The van der Waals surface area contributed by atoms with Crippen LogP contribution >= 0.6 is 0 Å². The topological polar surface area (TPSA) is 35.5 Å². The zero-order chi connectivity index (χ0) is 11.1.